The number of hydrogen-bond acceptors (Lipinski definition) is 3. The molecule has 2 saturated carbocycles. The molecule has 5 nitrogen and oxygen atoms in total. The van der Waals surface area contributed by atoms with Gasteiger partial charge in [0.25, 0.3) is 0 Å². The Bertz CT molecular complexity index is 407. The van der Waals surface area contributed by atoms with Crippen LogP contribution in [0.25, 0.3) is 0 Å². The minimum absolute atomic E-state index is 0. The Morgan fingerprint density at radius 1 is 1.08 bits per heavy atom. The average Bonchev–Trinajstić information content (AvgIpc) is 3.26. The van der Waals surface area contributed by atoms with E-state index in [0.29, 0.717) is 12.0 Å². The normalized spacial score (nSPS) is 29.0. The number of likely N-dealkylation sites (tertiary alicyclic amines) is 1. The largest absolute Gasteiger partial charge is 0.393 e. The number of nitrogens with zero attached hydrogens (tertiary/aromatic N) is 2. The molecule has 6 heteroatoms. The second kappa shape index (κ2) is 10.9. The minimum atomic E-state index is -0.134. The van der Waals surface area contributed by atoms with Crippen molar-refractivity contribution in [3.63, 3.8) is 0 Å². The van der Waals surface area contributed by atoms with Crippen LogP contribution in [0.15, 0.2) is 4.99 Å². The Labute approximate surface area is 170 Å². The van der Waals surface area contributed by atoms with Crippen LogP contribution in [0.2, 0.25) is 0 Å². The van der Waals surface area contributed by atoms with Crippen molar-refractivity contribution in [2.45, 2.75) is 70.0 Å². The third-order valence-corrected chi connectivity index (χ3v) is 6.14. The number of aliphatic imine (C=N–C) groups is 1. The molecule has 0 radical (unpaired) electrons. The quantitative estimate of drug-likeness (QED) is 0.373. The molecule has 0 aromatic rings. The van der Waals surface area contributed by atoms with E-state index in [1.165, 1.54) is 25.7 Å². The molecule has 1 aliphatic heterocycles. The van der Waals surface area contributed by atoms with E-state index < -0.39 is 0 Å². The minimum Gasteiger partial charge on any atom is -0.393 e. The summed E-state index contributed by atoms with van der Waals surface area (Å²) in [7, 11) is 1.86. The summed E-state index contributed by atoms with van der Waals surface area (Å²) in [4.78, 5) is 6.78. The van der Waals surface area contributed by atoms with Gasteiger partial charge in [-0.05, 0) is 44.4 Å². The molecule has 1 saturated heterocycles. The Balaban J connectivity index is 0.00000225. The van der Waals surface area contributed by atoms with Gasteiger partial charge in [-0.15, -0.1) is 24.0 Å². The topological polar surface area (TPSA) is 57.1 Å². The van der Waals surface area contributed by atoms with E-state index in [1.807, 2.05) is 7.05 Å². The van der Waals surface area contributed by atoms with E-state index in [9.17, 15) is 5.11 Å². The molecule has 2 N–H and O–H groups in total. The molecular weight excluding hydrogens is 429 g/mol. The van der Waals surface area contributed by atoms with Crippen LogP contribution < -0.4 is 5.32 Å². The highest BCUT2D eigenvalue weighted by atomic mass is 127. The lowest BCUT2D eigenvalue weighted by atomic mass is 10.1. The smallest absolute Gasteiger partial charge is 0.193 e. The van der Waals surface area contributed by atoms with Gasteiger partial charge in [0.1, 0.15) is 0 Å². The third kappa shape index (κ3) is 6.24. The zero-order valence-electron chi connectivity index (χ0n) is 15.7. The predicted molar refractivity (Wildman–Crippen MR) is 113 cm³/mol. The summed E-state index contributed by atoms with van der Waals surface area (Å²) in [5, 5.41) is 13.4. The molecule has 2 unspecified atom stereocenters. The van der Waals surface area contributed by atoms with Gasteiger partial charge in [0, 0.05) is 39.2 Å². The van der Waals surface area contributed by atoms with Crippen molar-refractivity contribution >= 4 is 29.9 Å². The maximum atomic E-state index is 9.96. The number of nitrogens with one attached hydrogen (secondary N) is 1. The van der Waals surface area contributed by atoms with Crippen molar-refractivity contribution in [2.75, 3.05) is 33.3 Å². The molecule has 25 heavy (non-hydrogen) atoms. The van der Waals surface area contributed by atoms with Gasteiger partial charge in [-0.25, -0.2) is 0 Å². The Morgan fingerprint density at radius 3 is 2.40 bits per heavy atom. The molecule has 146 valence electrons. The number of hydrogen-bond donors (Lipinski definition) is 2. The first kappa shape index (κ1) is 21.2. The van der Waals surface area contributed by atoms with Crippen LogP contribution in [0, 0.1) is 11.8 Å². The number of piperidine rings is 1. The van der Waals surface area contributed by atoms with E-state index in [-0.39, 0.29) is 30.1 Å². The Kier molecular flexibility index (Phi) is 9.27. The van der Waals surface area contributed by atoms with Gasteiger partial charge in [0.2, 0.25) is 0 Å². The molecule has 1 heterocycles. The summed E-state index contributed by atoms with van der Waals surface area (Å²) >= 11 is 0. The van der Waals surface area contributed by atoms with E-state index in [1.54, 1.807) is 0 Å². The highest BCUT2D eigenvalue weighted by Gasteiger charge is 2.27. The molecule has 3 aliphatic rings. The fourth-order valence-corrected chi connectivity index (χ4v) is 4.49. The van der Waals surface area contributed by atoms with Crippen molar-refractivity contribution in [3.05, 3.63) is 0 Å². The highest BCUT2D eigenvalue weighted by Crippen LogP contribution is 2.26. The zero-order valence-corrected chi connectivity index (χ0v) is 18.0. The molecule has 2 atom stereocenters. The van der Waals surface area contributed by atoms with Crippen molar-refractivity contribution in [1.29, 1.82) is 0 Å². The van der Waals surface area contributed by atoms with Crippen LogP contribution >= 0.6 is 24.0 Å². The first-order valence-corrected chi connectivity index (χ1v) is 10.0. The van der Waals surface area contributed by atoms with Crippen molar-refractivity contribution in [1.82, 2.24) is 10.2 Å². The summed E-state index contributed by atoms with van der Waals surface area (Å²) in [6.45, 7) is 3.84. The third-order valence-electron chi connectivity index (χ3n) is 6.14. The second-order valence-electron chi connectivity index (χ2n) is 7.86. The Morgan fingerprint density at radius 2 is 1.80 bits per heavy atom. The number of halogens is 1. The number of ether oxygens (including phenoxy) is 1. The fourth-order valence-electron chi connectivity index (χ4n) is 4.49. The SMILES string of the molecule is CN=C(NCC1CCCC1O)N1CCC(OCC2CCCC2)CC1.I. The molecule has 0 bridgehead atoms. The summed E-state index contributed by atoms with van der Waals surface area (Å²) in [6, 6.07) is 0. The summed E-state index contributed by atoms with van der Waals surface area (Å²) in [6.07, 6.45) is 11.2. The van der Waals surface area contributed by atoms with Crippen LogP contribution in [-0.4, -0.2) is 61.5 Å². The fraction of sp³-hybridized carbons (Fsp3) is 0.947. The van der Waals surface area contributed by atoms with Gasteiger partial charge < -0.3 is 20.1 Å². The molecule has 0 spiro atoms. The number of guanidine groups is 1. The monoisotopic (exact) mass is 465 g/mol. The zero-order chi connectivity index (χ0) is 16.8. The molecular formula is C19H36IN3O2. The second-order valence-corrected chi connectivity index (χ2v) is 7.86. The van der Waals surface area contributed by atoms with Crippen LogP contribution in [0.1, 0.15) is 57.8 Å². The first-order valence-electron chi connectivity index (χ1n) is 10.0. The lowest BCUT2D eigenvalue weighted by Gasteiger charge is -2.35. The van der Waals surface area contributed by atoms with Gasteiger partial charge in [-0.3, -0.25) is 4.99 Å². The molecule has 2 aliphatic carbocycles. The molecule has 0 aromatic heterocycles. The summed E-state index contributed by atoms with van der Waals surface area (Å²) in [5.41, 5.74) is 0. The van der Waals surface area contributed by atoms with Gasteiger partial charge in [-0.2, -0.15) is 0 Å². The number of rotatable bonds is 5. The van der Waals surface area contributed by atoms with Crippen LogP contribution in [-0.2, 0) is 4.74 Å². The van der Waals surface area contributed by atoms with Gasteiger partial charge in [0.15, 0.2) is 5.96 Å². The molecule has 0 amide bonds. The lowest BCUT2D eigenvalue weighted by Crippen LogP contribution is -2.48. The van der Waals surface area contributed by atoms with Crippen molar-refractivity contribution < 1.29 is 9.84 Å². The van der Waals surface area contributed by atoms with Crippen molar-refractivity contribution in [3.8, 4) is 0 Å². The highest BCUT2D eigenvalue weighted by molar-refractivity contribution is 14.0. The predicted octanol–water partition coefficient (Wildman–Crippen LogP) is 3.01. The summed E-state index contributed by atoms with van der Waals surface area (Å²) in [5.74, 6) is 2.19. The van der Waals surface area contributed by atoms with E-state index >= 15 is 0 Å². The van der Waals surface area contributed by atoms with E-state index in [2.05, 4.69) is 15.2 Å². The van der Waals surface area contributed by atoms with Crippen LogP contribution in [0.4, 0.5) is 0 Å². The van der Waals surface area contributed by atoms with Gasteiger partial charge in [0.05, 0.1) is 12.2 Å². The molecule has 3 fully saturated rings. The van der Waals surface area contributed by atoms with Gasteiger partial charge >= 0.3 is 0 Å². The number of aliphatic hydroxyl groups is 1. The first-order chi connectivity index (χ1) is 11.8. The molecule has 0 aromatic carbocycles. The molecule has 3 rings (SSSR count). The standard InChI is InChI=1S/C19H35N3O2.HI/c1-20-19(21-13-16-7-4-8-18(16)23)22-11-9-17(10-12-22)24-14-15-5-2-3-6-15;/h15-18,23H,2-14H2,1H3,(H,20,21);1H. The average molecular weight is 465 g/mol. The van der Waals surface area contributed by atoms with E-state index in [0.717, 1.165) is 70.2 Å². The maximum absolute atomic E-state index is 9.96. The van der Waals surface area contributed by atoms with Crippen LogP contribution in [0.3, 0.4) is 0 Å². The Hall–Kier alpha value is -0.0800. The van der Waals surface area contributed by atoms with Gasteiger partial charge in [-0.1, -0.05) is 19.3 Å². The lowest BCUT2D eigenvalue weighted by molar-refractivity contribution is 0.000963. The van der Waals surface area contributed by atoms with Crippen LogP contribution in [0.5, 0.6) is 0 Å². The van der Waals surface area contributed by atoms with E-state index in [4.69, 9.17) is 4.74 Å². The maximum Gasteiger partial charge on any atom is 0.193 e. The van der Waals surface area contributed by atoms with Crippen molar-refractivity contribution in [2.24, 2.45) is 16.8 Å². The summed E-state index contributed by atoms with van der Waals surface area (Å²) < 4.78 is 6.16. The number of aliphatic hydroxyl groups excluding tert-OH is 1.